The molecule has 4 rings (SSSR count). The predicted octanol–water partition coefficient (Wildman–Crippen LogP) is 4.06. The Hall–Kier alpha value is -2.42. The number of benzene rings is 1. The summed E-state index contributed by atoms with van der Waals surface area (Å²) >= 11 is 0. The zero-order valence-electron chi connectivity index (χ0n) is 11.9. The van der Waals surface area contributed by atoms with Crippen LogP contribution in [0.15, 0.2) is 36.4 Å². The highest BCUT2D eigenvalue weighted by Gasteiger charge is 2.23. The lowest BCUT2D eigenvalue weighted by molar-refractivity contribution is 0.0967. The molecule has 3 heteroatoms. The van der Waals surface area contributed by atoms with Gasteiger partial charge in [-0.2, -0.15) is 0 Å². The quantitative estimate of drug-likeness (QED) is 0.728. The molecular formula is C18H16N2O. The van der Waals surface area contributed by atoms with Gasteiger partial charge in [0.15, 0.2) is 5.78 Å². The predicted molar refractivity (Wildman–Crippen MR) is 83.5 cm³/mol. The van der Waals surface area contributed by atoms with E-state index in [4.69, 9.17) is 0 Å². The van der Waals surface area contributed by atoms with Gasteiger partial charge in [0.2, 0.25) is 0 Å². The van der Waals surface area contributed by atoms with Crippen LogP contribution in [-0.4, -0.2) is 15.8 Å². The van der Waals surface area contributed by atoms with Crippen LogP contribution < -0.4 is 0 Å². The number of ketones is 1. The van der Waals surface area contributed by atoms with Gasteiger partial charge in [-0.05, 0) is 43.5 Å². The minimum Gasteiger partial charge on any atom is -0.355 e. The maximum absolute atomic E-state index is 12.1. The van der Waals surface area contributed by atoms with Crippen molar-refractivity contribution < 1.29 is 4.79 Å². The number of pyridine rings is 1. The number of aromatic amines is 1. The summed E-state index contributed by atoms with van der Waals surface area (Å²) in [6.07, 6.45) is 2.47. The topological polar surface area (TPSA) is 45.8 Å². The van der Waals surface area contributed by atoms with Crippen LogP contribution in [0.25, 0.3) is 22.2 Å². The van der Waals surface area contributed by atoms with Crippen LogP contribution in [0, 0.1) is 6.92 Å². The van der Waals surface area contributed by atoms with Crippen molar-refractivity contribution in [2.75, 3.05) is 0 Å². The first-order valence-electron chi connectivity index (χ1n) is 7.34. The van der Waals surface area contributed by atoms with Crippen LogP contribution in [0.5, 0.6) is 0 Å². The molecule has 1 aliphatic rings. The first-order chi connectivity index (χ1) is 10.2. The second-order valence-corrected chi connectivity index (χ2v) is 5.69. The zero-order valence-corrected chi connectivity index (χ0v) is 11.9. The van der Waals surface area contributed by atoms with Crippen LogP contribution in [0.3, 0.4) is 0 Å². The van der Waals surface area contributed by atoms with E-state index in [1.165, 1.54) is 5.39 Å². The summed E-state index contributed by atoms with van der Waals surface area (Å²) in [5.41, 5.74) is 6.00. The van der Waals surface area contributed by atoms with Crippen molar-refractivity contribution in [3.63, 3.8) is 0 Å². The zero-order chi connectivity index (χ0) is 14.4. The third kappa shape index (κ3) is 1.97. The lowest BCUT2D eigenvalue weighted by atomic mass is 9.89. The van der Waals surface area contributed by atoms with E-state index in [1.54, 1.807) is 0 Å². The van der Waals surface area contributed by atoms with Gasteiger partial charge in [-0.25, -0.2) is 4.98 Å². The molecule has 2 heterocycles. The van der Waals surface area contributed by atoms with Crippen molar-refractivity contribution in [3.8, 4) is 11.3 Å². The molecule has 0 radical (unpaired) electrons. The van der Waals surface area contributed by atoms with Gasteiger partial charge < -0.3 is 4.98 Å². The second kappa shape index (κ2) is 4.55. The molecule has 0 atom stereocenters. The SMILES string of the molecule is Cc1cc(-c2cc3ccccc3[nH]2)c2c(n1)C(=O)CCC2. The minimum atomic E-state index is 0.178. The molecule has 0 bridgehead atoms. The number of hydrogen-bond donors (Lipinski definition) is 1. The third-order valence-electron chi connectivity index (χ3n) is 4.17. The highest BCUT2D eigenvalue weighted by Crippen LogP contribution is 2.32. The molecular weight excluding hydrogens is 260 g/mol. The molecule has 1 N–H and O–H groups in total. The molecule has 21 heavy (non-hydrogen) atoms. The van der Waals surface area contributed by atoms with Crippen LogP contribution in [0.1, 0.15) is 34.6 Å². The monoisotopic (exact) mass is 276 g/mol. The average Bonchev–Trinajstić information content (AvgIpc) is 2.91. The average molecular weight is 276 g/mol. The molecule has 3 nitrogen and oxygen atoms in total. The Morgan fingerprint density at radius 2 is 2.00 bits per heavy atom. The Morgan fingerprint density at radius 1 is 1.14 bits per heavy atom. The smallest absolute Gasteiger partial charge is 0.181 e. The van der Waals surface area contributed by atoms with E-state index < -0.39 is 0 Å². The molecule has 1 aliphatic carbocycles. The van der Waals surface area contributed by atoms with E-state index in [-0.39, 0.29) is 5.78 Å². The number of H-pyrrole nitrogens is 1. The van der Waals surface area contributed by atoms with Crippen molar-refractivity contribution in [3.05, 3.63) is 53.3 Å². The molecule has 104 valence electrons. The molecule has 2 aromatic heterocycles. The Morgan fingerprint density at radius 3 is 2.86 bits per heavy atom. The first-order valence-corrected chi connectivity index (χ1v) is 7.34. The molecule has 0 amide bonds. The molecule has 1 aromatic carbocycles. The lowest BCUT2D eigenvalue weighted by Crippen LogP contribution is -2.15. The van der Waals surface area contributed by atoms with Crippen LogP contribution in [0.4, 0.5) is 0 Å². The summed E-state index contributed by atoms with van der Waals surface area (Å²) < 4.78 is 0. The Kier molecular flexibility index (Phi) is 2.67. The largest absolute Gasteiger partial charge is 0.355 e. The van der Waals surface area contributed by atoms with Gasteiger partial charge in [-0.1, -0.05) is 18.2 Å². The number of hydrogen-bond acceptors (Lipinski definition) is 2. The number of carbonyl (C=O) groups excluding carboxylic acids is 1. The number of nitrogens with one attached hydrogen (secondary N) is 1. The normalized spacial score (nSPS) is 14.4. The molecule has 3 aromatic rings. The number of aromatic nitrogens is 2. The molecule has 0 aliphatic heterocycles. The van der Waals surface area contributed by atoms with E-state index in [0.29, 0.717) is 12.1 Å². The van der Waals surface area contributed by atoms with Gasteiger partial charge in [0.25, 0.3) is 0 Å². The Labute approximate surface area is 123 Å². The van der Waals surface area contributed by atoms with Gasteiger partial charge in [0, 0.05) is 34.3 Å². The second-order valence-electron chi connectivity index (χ2n) is 5.69. The van der Waals surface area contributed by atoms with Crippen molar-refractivity contribution in [2.45, 2.75) is 26.2 Å². The van der Waals surface area contributed by atoms with E-state index in [2.05, 4.69) is 34.2 Å². The summed E-state index contributed by atoms with van der Waals surface area (Å²) in [7, 11) is 0. The standard InChI is InChI=1S/C18H16N2O/c1-11-9-14(13-6-4-8-17(21)18(13)19-11)16-10-12-5-2-3-7-15(12)20-16/h2-3,5,7,9-10,20H,4,6,8H2,1H3. The summed E-state index contributed by atoms with van der Waals surface area (Å²) in [5, 5.41) is 1.19. The minimum absolute atomic E-state index is 0.178. The van der Waals surface area contributed by atoms with Crippen molar-refractivity contribution in [1.82, 2.24) is 9.97 Å². The van der Waals surface area contributed by atoms with Crippen LogP contribution in [-0.2, 0) is 6.42 Å². The molecule has 0 saturated carbocycles. The fraction of sp³-hybridized carbons (Fsp3) is 0.222. The van der Waals surface area contributed by atoms with Gasteiger partial charge in [0.05, 0.1) is 0 Å². The lowest BCUT2D eigenvalue weighted by Gasteiger charge is -2.18. The summed E-state index contributed by atoms with van der Waals surface area (Å²) in [6.45, 7) is 1.95. The number of carbonyl (C=O) groups is 1. The molecule has 0 spiro atoms. The summed E-state index contributed by atoms with van der Waals surface area (Å²) in [4.78, 5) is 20.1. The van der Waals surface area contributed by atoms with Gasteiger partial charge in [-0.15, -0.1) is 0 Å². The number of fused-ring (bicyclic) bond motifs is 2. The van der Waals surface area contributed by atoms with Gasteiger partial charge in [-0.3, -0.25) is 4.79 Å². The highest BCUT2D eigenvalue weighted by molar-refractivity contribution is 5.99. The van der Waals surface area contributed by atoms with Crippen molar-refractivity contribution >= 4 is 16.7 Å². The van der Waals surface area contributed by atoms with E-state index in [9.17, 15) is 4.79 Å². The van der Waals surface area contributed by atoms with Crippen molar-refractivity contribution in [1.29, 1.82) is 0 Å². The van der Waals surface area contributed by atoms with Gasteiger partial charge in [0.1, 0.15) is 5.69 Å². The Balaban J connectivity index is 1.97. The van der Waals surface area contributed by atoms with Crippen molar-refractivity contribution in [2.24, 2.45) is 0 Å². The number of para-hydroxylation sites is 1. The first kappa shape index (κ1) is 12.3. The molecule has 0 unspecified atom stereocenters. The number of Topliss-reactive ketones (excluding diaryl/α,β-unsaturated/α-hetero) is 1. The third-order valence-corrected chi connectivity index (χ3v) is 4.17. The fourth-order valence-corrected chi connectivity index (χ4v) is 3.19. The summed E-state index contributed by atoms with van der Waals surface area (Å²) in [6, 6.07) is 12.5. The Bertz CT molecular complexity index is 828. The van der Waals surface area contributed by atoms with Crippen LogP contribution >= 0.6 is 0 Å². The maximum Gasteiger partial charge on any atom is 0.181 e. The summed E-state index contributed by atoms with van der Waals surface area (Å²) in [5.74, 6) is 0.178. The van der Waals surface area contributed by atoms with E-state index in [1.807, 2.05) is 19.1 Å². The van der Waals surface area contributed by atoms with Gasteiger partial charge >= 0.3 is 0 Å². The number of aryl methyl sites for hydroxylation is 1. The number of nitrogens with zero attached hydrogens (tertiary/aromatic N) is 1. The molecule has 0 fully saturated rings. The highest BCUT2D eigenvalue weighted by atomic mass is 16.1. The molecule has 0 saturated heterocycles. The maximum atomic E-state index is 12.1. The van der Waals surface area contributed by atoms with E-state index >= 15 is 0 Å². The van der Waals surface area contributed by atoms with Crippen LogP contribution in [0.2, 0.25) is 0 Å². The fourth-order valence-electron chi connectivity index (χ4n) is 3.19. The van der Waals surface area contributed by atoms with E-state index in [0.717, 1.165) is 40.9 Å². The number of rotatable bonds is 1.